The number of amides is 2. The fraction of sp³-hybridized carbons (Fsp3) is 0.857. The highest BCUT2D eigenvalue weighted by molar-refractivity contribution is 5.94. The zero-order chi connectivity index (χ0) is 14.1. The molecule has 2 fully saturated rings. The number of nitrogens with zero attached hydrogens (tertiary/aromatic N) is 1. The van der Waals surface area contributed by atoms with Gasteiger partial charge in [-0.15, -0.1) is 0 Å². The van der Waals surface area contributed by atoms with Crippen molar-refractivity contribution in [2.75, 3.05) is 26.2 Å². The van der Waals surface area contributed by atoms with Gasteiger partial charge in [-0.2, -0.15) is 0 Å². The van der Waals surface area contributed by atoms with Crippen LogP contribution in [0.4, 0.5) is 0 Å². The number of carbonyl (C=O) groups is 2. The van der Waals surface area contributed by atoms with Gasteiger partial charge in [-0.1, -0.05) is 13.3 Å². The van der Waals surface area contributed by atoms with Crippen LogP contribution in [0.25, 0.3) is 0 Å². The van der Waals surface area contributed by atoms with Gasteiger partial charge in [-0.25, -0.2) is 0 Å². The van der Waals surface area contributed by atoms with E-state index in [0.29, 0.717) is 13.1 Å². The smallest absolute Gasteiger partial charge is 0.245 e. The highest BCUT2D eigenvalue weighted by Gasteiger charge is 2.49. The maximum atomic E-state index is 13.0. The summed E-state index contributed by atoms with van der Waals surface area (Å²) in [4.78, 5) is 26.8. The van der Waals surface area contributed by atoms with Crippen LogP contribution in [0.1, 0.15) is 40.0 Å². The van der Waals surface area contributed by atoms with Crippen molar-refractivity contribution in [1.29, 1.82) is 0 Å². The lowest BCUT2D eigenvalue weighted by Crippen LogP contribution is -2.66. The van der Waals surface area contributed by atoms with E-state index in [9.17, 15) is 9.59 Å². The van der Waals surface area contributed by atoms with Gasteiger partial charge >= 0.3 is 0 Å². The topological polar surface area (TPSA) is 61.4 Å². The Labute approximate surface area is 115 Å². The standard InChI is InChI=1S/C14H25N3O2/c1-4-5-14(6-7-15-10-14)12(19)17-9-8-16-11(18)13(17,2)3/h15H,4-10H2,1-3H3,(H,16,18). The fourth-order valence-electron chi connectivity index (χ4n) is 3.27. The van der Waals surface area contributed by atoms with Crippen molar-refractivity contribution in [2.24, 2.45) is 5.41 Å². The molecule has 0 aromatic carbocycles. The summed E-state index contributed by atoms with van der Waals surface area (Å²) in [6, 6.07) is 0. The molecule has 5 heteroatoms. The average molecular weight is 267 g/mol. The molecule has 5 nitrogen and oxygen atoms in total. The molecule has 2 N–H and O–H groups in total. The van der Waals surface area contributed by atoms with Crippen LogP contribution in [0.3, 0.4) is 0 Å². The minimum atomic E-state index is -0.737. The van der Waals surface area contributed by atoms with Gasteiger partial charge in [0.1, 0.15) is 5.54 Å². The van der Waals surface area contributed by atoms with Gasteiger partial charge in [0.25, 0.3) is 0 Å². The van der Waals surface area contributed by atoms with Crippen LogP contribution in [-0.4, -0.2) is 48.4 Å². The van der Waals surface area contributed by atoms with Crippen LogP contribution in [0.2, 0.25) is 0 Å². The third kappa shape index (κ3) is 2.36. The van der Waals surface area contributed by atoms with E-state index in [2.05, 4.69) is 17.6 Å². The van der Waals surface area contributed by atoms with Crippen LogP contribution >= 0.6 is 0 Å². The normalized spacial score (nSPS) is 30.3. The third-order valence-corrected chi connectivity index (χ3v) is 4.52. The van der Waals surface area contributed by atoms with E-state index in [0.717, 1.165) is 32.4 Å². The lowest BCUT2D eigenvalue weighted by atomic mass is 9.79. The molecule has 19 heavy (non-hydrogen) atoms. The highest BCUT2D eigenvalue weighted by atomic mass is 16.2. The Balaban J connectivity index is 2.24. The Bertz CT molecular complexity index is 373. The van der Waals surface area contributed by atoms with Crippen molar-refractivity contribution in [3.05, 3.63) is 0 Å². The van der Waals surface area contributed by atoms with Crippen molar-refractivity contribution >= 4 is 11.8 Å². The molecule has 0 aromatic rings. The predicted octanol–water partition coefficient (Wildman–Crippen LogP) is 0.503. The Morgan fingerprint density at radius 1 is 1.37 bits per heavy atom. The zero-order valence-corrected chi connectivity index (χ0v) is 12.2. The molecule has 2 aliphatic heterocycles. The SMILES string of the molecule is CCCC1(C(=O)N2CCNC(=O)C2(C)C)CCNC1. The molecule has 0 saturated carbocycles. The van der Waals surface area contributed by atoms with Gasteiger partial charge in [0.2, 0.25) is 11.8 Å². The maximum absolute atomic E-state index is 13.0. The summed E-state index contributed by atoms with van der Waals surface area (Å²) in [6.07, 6.45) is 2.77. The Morgan fingerprint density at radius 2 is 2.11 bits per heavy atom. The molecule has 1 atom stereocenters. The maximum Gasteiger partial charge on any atom is 0.245 e. The van der Waals surface area contributed by atoms with E-state index in [1.165, 1.54) is 0 Å². The third-order valence-electron chi connectivity index (χ3n) is 4.52. The molecule has 0 radical (unpaired) electrons. The highest BCUT2D eigenvalue weighted by Crippen LogP contribution is 2.35. The van der Waals surface area contributed by atoms with E-state index in [-0.39, 0.29) is 17.2 Å². The molecule has 2 saturated heterocycles. The first-order valence-electron chi connectivity index (χ1n) is 7.25. The monoisotopic (exact) mass is 267 g/mol. The molecule has 1 unspecified atom stereocenters. The van der Waals surface area contributed by atoms with Crippen molar-refractivity contribution in [1.82, 2.24) is 15.5 Å². The number of nitrogens with one attached hydrogen (secondary N) is 2. The Morgan fingerprint density at radius 3 is 2.68 bits per heavy atom. The number of piperazine rings is 1. The summed E-state index contributed by atoms with van der Waals surface area (Å²) in [5.74, 6) is 0.101. The lowest BCUT2D eigenvalue weighted by molar-refractivity contribution is -0.156. The van der Waals surface area contributed by atoms with Crippen LogP contribution < -0.4 is 10.6 Å². The minimum absolute atomic E-state index is 0.0512. The molecular formula is C14H25N3O2. The second kappa shape index (κ2) is 5.12. The van der Waals surface area contributed by atoms with Crippen LogP contribution in [0, 0.1) is 5.41 Å². The van der Waals surface area contributed by atoms with E-state index < -0.39 is 5.54 Å². The second-order valence-corrected chi connectivity index (χ2v) is 6.23. The predicted molar refractivity (Wildman–Crippen MR) is 73.6 cm³/mol. The summed E-state index contributed by atoms with van der Waals surface area (Å²) in [6.45, 7) is 8.59. The average Bonchev–Trinajstić information content (AvgIpc) is 2.82. The van der Waals surface area contributed by atoms with E-state index >= 15 is 0 Å². The van der Waals surface area contributed by atoms with Crippen molar-refractivity contribution in [3.63, 3.8) is 0 Å². The van der Waals surface area contributed by atoms with Gasteiger partial charge < -0.3 is 15.5 Å². The van der Waals surface area contributed by atoms with Gasteiger partial charge in [0, 0.05) is 19.6 Å². The molecule has 2 heterocycles. The van der Waals surface area contributed by atoms with Gasteiger partial charge in [0.05, 0.1) is 5.41 Å². The number of carbonyl (C=O) groups excluding carboxylic acids is 2. The summed E-state index contributed by atoms with van der Waals surface area (Å²) in [5.41, 5.74) is -1.04. The molecule has 108 valence electrons. The van der Waals surface area contributed by atoms with Crippen LogP contribution in [0.5, 0.6) is 0 Å². The van der Waals surface area contributed by atoms with Crippen LogP contribution in [-0.2, 0) is 9.59 Å². The van der Waals surface area contributed by atoms with Crippen molar-refractivity contribution < 1.29 is 9.59 Å². The number of hydrogen-bond donors (Lipinski definition) is 2. The largest absolute Gasteiger partial charge is 0.352 e. The van der Waals surface area contributed by atoms with Crippen molar-refractivity contribution in [2.45, 2.75) is 45.6 Å². The van der Waals surface area contributed by atoms with E-state index in [1.807, 2.05) is 13.8 Å². The lowest BCUT2D eigenvalue weighted by Gasteiger charge is -2.45. The number of hydrogen-bond acceptors (Lipinski definition) is 3. The quantitative estimate of drug-likeness (QED) is 0.783. The molecular weight excluding hydrogens is 242 g/mol. The second-order valence-electron chi connectivity index (χ2n) is 6.23. The van der Waals surface area contributed by atoms with Gasteiger partial charge in [0.15, 0.2) is 0 Å². The van der Waals surface area contributed by atoms with E-state index in [4.69, 9.17) is 0 Å². The molecule has 0 spiro atoms. The van der Waals surface area contributed by atoms with Crippen molar-refractivity contribution in [3.8, 4) is 0 Å². The minimum Gasteiger partial charge on any atom is -0.352 e. The first kappa shape index (κ1) is 14.3. The Kier molecular flexibility index (Phi) is 3.85. The summed E-state index contributed by atoms with van der Waals surface area (Å²) < 4.78 is 0. The summed E-state index contributed by atoms with van der Waals surface area (Å²) >= 11 is 0. The molecule has 2 amide bonds. The zero-order valence-electron chi connectivity index (χ0n) is 12.2. The number of rotatable bonds is 3. The summed E-state index contributed by atoms with van der Waals surface area (Å²) in [5, 5.41) is 6.15. The first-order chi connectivity index (χ1) is 8.94. The molecule has 2 rings (SSSR count). The van der Waals surface area contributed by atoms with E-state index in [1.54, 1.807) is 4.90 Å². The molecule has 2 aliphatic rings. The van der Waals surface area contributed by atoms with Crippen LogP contribution in [0.15, 0.2) is 0 Å². The molecule has 0 bridgehead atoms. The first-order valence-corrected chi connectivity index (χ1v) is 7.25. The molecule has 0 aliphatic carbocycles. The van der Waals surface area contributed by atoms with Gasteiger partial charge in [-0.05, 0) is 33.2 Å². The molecule has 0 aromatic heterocycles. The Hall–Kier alpha value is -1.10. The fourth-order valence-corrected chi connectivity index (χ4v) is 3.27. The summed E-state index contributed by atoms with van der Waals surface area (Å²) in [7, 11) is 0. The van der Waals surface area contributed by atoms with Gasteiger partial charge in [-0.3, -0.25) is 9.59 Å².